The maximum atomic E-state index is 3.72. The fraction of sp³-hybridized carbons (Fsp3) is 0.667. The summed E-state index contributed by atoms with van der Waals surface area (Å²) in [5, 5.41) is 3.72. The van der Waals surface area contributed by atoms with E-state index in [9.17, 15) is 0 Å². The predicted molar refractivity (Wildman–Crippen MR) is 89.2 cm³/mol. The molecule has 0 aromatic heterocycles. The third-order valence-corrected chi connectivity index (χ3v) is 3.95. The number of nitrogens with one attached hydrogen (secondary N) is 1. The normalized spacial score (nSPS) is 13.4. The second-order valence-corrected chi connectivity index (χ2v) is 6.17. The molecule has 114 valence electrons. The van der Waals surface area contributed by atoms with Gasteiger partial charge in [0.2, 0.25) is 0 Å². The van der Waals surface area contributed by atoms with Crippen LogP contribution in [-0.4, -0.2) is 36.1 Å². The average Bonchev–Trinajstić information content (AvgIpc) is 2.42. The van der Waals surface area contributed by atoms with E-state index in [-0.39, 0.29) is 0 Å². The van der Waals surface area contributed by atoms with Crippen LogP contribution >= 0.6 is 0 Å². The number of hydrogen-bond donors (Lipinski definition) is 1. The summed E-state index contributed by atoms with van der Waals surface area (Å²) in [6, 6.07) is 12.6. The van der Waals surface area contributed by atoms with Gasteiger partial charge < -0.3 is 5.32 Å². The summed E-state index contributed by atoms with van der Waals surface area (Å²) in [6.07, 6.45) is 2.30. The zero-order valence-corrected chi connectivity index (χ0v) is 13.9. The lowest BCUT2D eigenvalue weighted by Crippen LogP contribution is -2.43. The highest BCUT2D eigenvalue weighted by Gasteiger charge is 2.13. The van der Waals surface area contributed by atoms with Crippen LogP contribution in [0, 0.1) is 0 Å². The van der Waals surface area contributed by atoms with E-state index in [2.05, 4.69) is 75.2 Å². The van der Waals surface area contributed by atoms with Crippen molar-refractivity contribution in [3.8, 4) is 0 Å². The summed E-state index contributed by atoms with van der Waals surface area (Å²) in [5.74, 6) is 0. The van der Waals surface area contributed by atoms with Crippen LogP contribution in [0.1, 0.15) is 46.6 Å². The Kier molecular flexibility index (Phi) is 7.86. The maximum Gasteiger partial charge on any atom is 0.0112 e. The van der Waals surface area contributed by atoms with Crippen LogP contribution in [0.4, 0.5) is 0 Å². The van der Waals surface area contributed by atoms with Gasteiger partial charge in [0.1, 0.15) is 0 Å². The fourth-order valence-electron chi connectivity index (χ4n) is 2.77. The molecule has 1 rings (SSSR count). The lowest BCUT2D eigenvalue weighted by atomic mass is 10.0. The average molecular weight is 276 g/mol. The molecule has 0 amide bonds. The Morgan fingerprint density at radius 2 is 1.60 bits per heavy atom. The molecule has 0 spiro atoms. The van der Waals surface area contributed by atoms with Gasteiger partial charge in [-0.2, -0.15) is 0 Å². The molecule has 0 saturated heterocycles. The summed E-state index contributed by atoms with van der Waals surface area (Å²) in [4.78, 5) is 2.54. The van der Waals surface area contributed by atoms with Gasteiger partial charge in [0.25, 0.3) is 0 Å². The molecule has 2 nitrogen and oxygen atoms in total. The van der Waals surface area contributed by atoms with Gasteiger partial charge in [0, 0.05) is 31.2 Å². The summed E-state index contributed by atoms with van der Waals surface area (Å²) in [7, 11) is 0. The Bertz CT molecular complexity index is 338. The van der Waals surface area contributed by atoms with E-state index < -0.39 is 0 Å². The third-order valence-electron chi connectivity index (χ3n) is 3.95. The number of nitrogens with zero attached hydrogens (tertiary/aromatic N) is 1. The second-order valence-electron chi connectivity index (χ2n) is 6.17. The topological polar surface area (TPSA) is 15.3 Å². The lowest BCUT2D eigenvalue weighted by molar-refractivity contribution is 0.173. The largest absolute Gasteiger partial charge is 0.312 e. The van der Waals surface area contributed by atoms with E-state index in [0.717, 1.165) is 19.5 Å². The van der Waals surface area contributed by atoms with Gasteiger partial charge >= 0.3 is 0 Å². The van der Waals surface area contributed by atoms with E-state index in [0.29, 0.717) is 18.1 Å². The Morgan fingerprint density at radius 1 is 1.00 bits per heavy atom. The first kappa shape index (κ1) is 17.2. The highest BCUT2D eigenvalue weighted by atomic mass is 15.2. The zero-order chi connectivity index (χ0) is 15.0. The zero-order valence-electron chi connectivity index (χ0n) is 13.9. The molecule has 2 heteroatoms. The van der Waals surface area contributed by atoms with Crippen molar-refractivity contribution < 1.29 is 0 Å². The first-order chi connectivity index (χ1) is 9.54. The minimum absolute atomic E-state index is 0.582. The van der Waals surface area contributed by atoms with Crippen molar-refractivity contribution in [3.05, 3.63) is 35.9 Å². The number of rotatable bonds is 9. The molecule has 1 aromatic rings. The van der Waals surface area contributed by atoms with Crippen molar-refractivity contribution in [2.75, 3.05) is 13.1 Å². The van der Waals surface area contributed by atoms with Crippen LogP contribution in [0.2, 0.25) is 0 Å². The molecule has 0 aliphatic rings. The molecule has 1 aromatic carbocycles. The molecule has 0 bridgehead atoms. The second kappa shape index (κ2) is 9.15. The van der Waals surface area contributed by atoms with Gasteiger partial charge in [-0.25, -0.2) is 0 Å². The van der Waals surface area contributed by atoms with Crippen molar-refractivity contribution in [2.24, 2.45) is 0 Å². The molecular weight excluding hydrogens is 244 g/mol. The monoisotopic (exact) mass is 276 g/mol. The van der Waals surface area contributed by atoms with E-state index in [1.807, 2.05) is 0 Å². The molecular formula is C18H32N2. The highest BCUT2D eigenvalue weighted by molar-refractivity contribution is 5.15. The molecule has 1 N–H and O–H groups in total. The summed E-state index contributed by atoms with van der Waals surface area (Å²) >= 11 is 0. The van der Waals surface area contributed by atoms with Crippen molar-refractivity contribution in [3.63, 3.8) is 0 Å². The Hall–Kier alpha value is -0.860. The SMILES string of the molecule is CCC(Cc1ccccc1)NCCN(C(C)C)C(C)C. The van der Waals surface area contributed by atoms with E-state index in [4.69, 9.17) is 0 Å². The predicted octanol–water partition coefficient (Wildman–Crippen LogP) is 3.72. The van der Waals surface area contributed by atoms with Gasteiger partial charge in [-0.3, -0.25) is 4.90 Å². The Morgan fingerprint density at radius 3 is 2.10 bits per heavy atom. The van der Waals surface area contributed by atoms with Gasteiger partial charge in [-0.05, 0) is 46.1 Å². The fourth-order valence-corrected chi connectivity index (χ4v) is 2.77. The lowest BCUT2D eigenvalue weighted by Gasteiger charge is -2.31. The quantitative estimate of drug-likeness (QED) is 0.739. The van der Waals surface area contributed by atoms with E-state index in [1.54, 1.807) is 0 Å². The van der Waals surface area contributed by atoms with Gasteiger partial charge in [0.05, 0.1) is 0 Å². The molecule has 0 radical (unpaired) electrons. The highest BCUT2D eigenvalue weighted by Crippen LogP contribution is 2.07. The van der Waals surface area contributed by atoms with Crippen LogP contribution in [-0.2, 0) is 6.42 Å². The molecule has 0 fully saturated rings. The van der Waals surface area contributed by atoms with Crippen molar-refractivity contribution in [1.29, 1.82) is 0 Å². The van der Waals surface area contributed by atoms with Crippen LogP contribution in [0.25, 0.3) is 0 Å². The molecule has 0 heterocycles. The van der Waals surface area contributed by atoms with E-state index >= 15 is 0 Å². The summed E-state index contributed by atoms with van der Waals surface area (Å²) < 4.78 is 0. The van der Waals surface area contributed by atoms with Crippen LogP contribution in [0.5, 0.6) is 0 Å². The Balaban J connectivity index is 2.38. The van der Waals surface area contributed by atoms with Gasteiger partial charge in [0.15, 0.2) is 0 Å². The first-order valence-corrected chi connectivity index (χ1v) is 8.07. The number of hydrogen-bond acceptors (Lipinski definition) is 2. The molecule has 1 atom stereocenters. The molecule has 20 heavy (non-hydrogen) atoms. The summed E-state index contributed by atoms with van der Waals surface area (Å²) in [5.41, 5.74) is 1.43. The standard InChI is InChI=1S/C18H32N2/c1-6-18(14-17-10-8-7-9-11-17)19-12-13-20(15(2)3)16(4)5/h7-11,15-16,18-19H,6,12-14H2,1-5H3. The number of benzene rings is 1. The Labute approximate surface area is 125 Å². The molecule has 0 aliphatic heterocycles. The van der Waals surface area contributed by atoms with Crippen LogP contribution in [0.3, 0.4) is 0 Å². The van der Waals surface area contributed by atoms with Gasteiger partial charge in [-0.15, -0.1) is 0 Å². The minimum Gasteiger partial charge on any atom is -0.312 e. The van der Waals surface area contributed by atoms with Gasteiger partial charge in [-0.1, -0.05) is 37.3 Å². The van der Waals surface area contributed by atoms with Crippen LogP contribution in [0.15, 0.2) is 30.3 Å². The first-order valence-electron chi connectivity index (χ1n) is 8.07. The van der Waals surface area contributed by atoms with Crippen molar-refractivity contribution in [2.45, 2.75) is 65.6 Å². The van der Waals surface area contributed by atoms with Crippen molar-refractivity contribution in [1.82, 2.24) is 10.2 Å². The minimum atomic E-state index is 0.582. The third kappa shape index (κ3) is 6.06. The van der Waals surface area contributed by atoms with Crippen molar-refractivity contribution >= 4 is 0 Å². The molecule has 0 saturated carbocycles. The molecule has 1 unspecified atom stereocenters. The summed E-state index contributed by atoms with van der Waals surface area (Å²) in [6.45, 7) is 13.6. The maximum absolute atomic E-state index is 3.72. The molecule has 0 aliphatic carbocycles. The smallest absolute Gasteiger partial charge is 0.0112 e. The van der Waals surface area contributed by atoms with E-state index in [1.165, 1.54) is 12.0 Å². The van der Waals surface area contributed by atoms with Crippen LogP contribution < -0.4 is 5.32 Å².